The number of ether oxygens (including phenoxy) is 1. The van der Waals surface area contributed by atoms with Gasteiger partial charge in [-0.1, -0.05) is 31.2 Å². The lowest BCUT2D eigenvalue weighted by atomic mass is 9.97. The van der Waals surface area contributed by atoms with Gasteiger partial charge >= 0.3 is 5.97 Å². The number of fused-ring (bicyclic) bond motifs is 2. The third-order valence-corrected chi connectivity index (χ3v) is 5.13. The minimum atomic E-state index is -0.747. The number of furan rings is 1. The van der Waals surface area contributed by atoms with Crippen LogP contribution in [0.2, 0.25) is 0 Å². The van der Waals surface area contributed by atoms with Crippen molar-refractivity contribution in [1.82, 2.24) is 0 Å². The quantitative estimate of drug-likeness (QED) is 0.697. The number of nitrogens with zero attached hydrogens (tertiary/aromatic N) is 1. The molecule has 0 spiro atoms. The highest BCUT2D eigenvalue weighted by Gasteiger charge is 2.20. The van der Waals surface area contributed by atoms with E-state index in [0.29, 0.717) is 26.0 Å². The van der Waals surface area contributed by atoms with E-state index in [-0.39, 0.29) is 5.92 Å². The molecule has 1 aromatic heterocycles. The lowest BCUT2D eigenvalue weighted by Gasteiger charge is -2.30. The topological polar surface area (TPSA) is 62.9 Å². The van der Waals surface area contributed by atoms with E-state index < -0.39 is 5.97 Å². The molecule has 4 rings (SSSR count). The van der Waals surface area contributed by atoms with Gasteiger partial charge in [0.05, 0.1) is 24.7 Å². The minimum Gasteiger partial charge on any atom is -0.490 e. The smallest absolute Gasteiger partial charge is 0.306 e. The number of benzene rings is 2. The molecule has 1 atom stereocenters. The van der Waals surface area contributed by atoms with Crippen LogP contribution in [-0.2, 0) is 17.8 Å². The second-order valence-electron chi connectivity index (χ2n) is 6.97. The number of anilines is 1. The Morgan fingerprint density at radius 2 is 2.07 bits per heavy atom. The molecular weight excluding hydrogens is 342 g/mol. The molecule has 0 aliphatic carbocycles. The fourth-order valence-corrected chi connectivity index (χ4v) is 3.61. The Hall–Kier alpha value is -2.95. The first kappa shape index (κ1) is 17.5. The highest BCUT2D eigenvalue weighted by molar-refractivity contribution is 5.79. The summed E-state index contributed by atoms with van der Waals surface area (Å²) in [6.45, 7) is 4.06. The largest absolute Gasteiger partial charge is 0.490 e. The predicted molar refractivity (Wildman–Crippen MR) is 104 cm³/mol. The van der Waals surface area contributed by atoms with Gasteiger partial charge in [0.25, 0.3) is 0 Å². The molecule has 2 heterocycles. The summed E-state index contributed by atoms with van der Waals surface area (Å²) in [5.74, 6) is 0.691. The van der Waals surface area contributed by atoms with Crippen molar-refractivity contribution >= 4 is 22.6 Å². The first-order valence-corrected chi connectivity index (χ1v) is 9.35. The number of carbonyl (C=O) groups is 1. The number of aliphatic carboxylic acids is 1. The fraction of sp³-hybridized carbons (Fsp3) is 0.318. The van der Waals surface area contributed by atoms with Gasteiger partial charge in [0.2, 0.25) is 0 Å². The van der Waals surface area contributed by atoms with Crippen LogP contribution < -0.4 is 9.64 Å². The van der Waals surface area contributed by atoms with Crippen LogP contribution in [0.1, 0.15) is 24.7 Å². The van der Waals surface area contributed by atoms with Crippen LogP contribution in [0.3, 0.4) is 0 Å². The Morgan fingerprint density at radius 1 is 1.22 bits per heavy atom. The molecule has 5 heteroatoms. The summed E-state index contributed by atoms with van der Waals surface area (Å²) >= 11 is 0. The van der Waals surface area contributed by atoms with Crippen LogP contribution in [0.5, 0.6) is 5.75 Å². The molecule has 0 saturated heterocycles. The van der Waals surface area contributed by atoms with Crippen molar-refractivity contribution in [3.8, 4) is 5.75 Å². The monoisotopic (exact) mass is 365 g/mol. The van der Waals surface area contributed by atoms with Gasteiger partial charge < -0.3 is 19.2 Å². The van der Waals surface area contributed by atoms with Gasteiger partial charge in [0.15, 0.2) is 0 Å². The van der Waals surface area contributed by atoms with Crippen molar-refractivity contribution < 1.29 is 19.1 Å². The summed E-state index contributed by atoms with van der Waals surface area (Å²) in [6.07, 6.45) is 1.14. The fourth-order valence-electron chi connectivity index (χ4n) is 3.61. The van der Waals surface area contributed by atoms with Gasteiger partial charge in [-0.2, -0.15) is 0 Å². The number of carboxylic acid groups (broad SMARTS) is 1. The molecular formula is C22H23NO4. The molecule has 140 valence electrons. The Morgan fingerprint density at radius 3 is 2.89 bits per heavy atom. The third kappa shape index (κ3) is 3.63. The zero-order valence-electron chi connectivity index (χ0n) is 15.4. The van der Waals surface area contributed by atoms with Gasteiger partial charge in [-0.15, -0.1) is 0 Å². The Kier molecular flexibility index (Phi) is 4.75. The number of rotatable bonds is 6. The van der Waals surface area contributed by atoms with E-state index in [9.17, 15) is 9.90 Å². The van der Waals surface area contributed by atoms with Crippen molar-refractivity contribution in [2.75, 3.05) is 18.1 Å². The maximum absolute atomic E-state index is 11.3. The van der Waals surface area contributed by atoms with Crippen LogP contribution >= 0.6 is 0 Å². The molecule has 5 nitrogen and oxygen atoms in total. The minimum absolute atomic E-state index is 0.360. The molecule has 1 unspecified atom stereocenters. The Bertz CT molecular complexity index is 962. The summed E-state index contributed by atoms with van der Waals surface area (Å²) in [4.78, 5) is 13.5. The van der Waals surface area contributed by atoms with Gasteiger partial charge in [0, 0.05) is 5.39 Å². The van der Waals surface area contributed by atoms with Crippen LogP contribution in [0.15, 0.2) is 52.9 Å². The second-order valence-corrected chi connectivity index (χ2v) is 6.97. The third-order valence-electron chi connectivity index (χ3n) is 5.13. The lowest BCUT2D eigenvalue weighted by molar-refractivity contribution is -0.141. The van der Waals surface area contributed by atoms with Crippen molar-refractivity contribution in [2.45, 2.75) is 26.3 Å². The molecule has 27 heavy (non-hydrogen) atoms. The average Bonchev–Trinajstić information content (AvgIpc) is 3.07. The highest BCUT2D eigenvalue weighted by atomic mass is 16.5. The molecule has 1 N–H and O–H groups in total. The Balaban J connectivity index is 1.55. The van der Waals surface area contributed by atoms with E-state index in [4.69, 9.17) is 9.15 Å². The summed E-state index contributed by atoms with van der Waals surface area (Å²) in [7, 11) is 0. The normalized spacial score (nSPS) is 14.6. The SMILES string of the molecule is CCC(Cc1ccc2cc(CN3CCOc4ccccc43)oc2c1)C(=O)O. The molecule has 3 aromatic rings. The number of hydrogen-bond acceptors (Lipinski definition) is 4. The van der Waals surface area contributed by atoms with E-state index in [1.54, 1.807) is 0 Å². The van der Waals surface area contributed by atoms with Gasteiger partial charge in [-0.3, -0.25) is 4.79 Å². The molecule has 0 bridgehead atoms. The second kappa shape index (κ2) is 7.35. The molecule has 0 fully saturated rings. The van der Waals surface area contributed by atoms with Crippen LogP contribution in [0.25, 0.3) is 11.0 Å². The molecule has 1 aliphatic heterocycles. The summed E-state index contributed by atoms with van der Waals surface area (Å²) in [5.41, 5.74) is 2.88. The van der Waals surface area contributed by atoms with E-state index in [1.165, 1.54) is 0 Å². The van der Waals surface area contributed by atoms with E-state index in [1.807, 2.05) is 43.3 Å². The first-order chi connectivity index (χ1) is 13.1. The first-order valence-electron chi connectivity index (χ1n) is 9.35. The number of hydrogen-bond donors (Lipinski definition) is 1. The molecule has 0 radical (unpaired) electrons. The van der Waals surface area contributed by atoms with Crippen LogP contribution in [0.4, 0.5) is 5.69 Å². The van der Waals surface area contributed by atoms with Crippen molar-refractivity contribution in [3.05, 3.63) is 59.9 Å². The number of carboxylic acids is 1. The maximum atomic E-state index is 11.3. The standard InChI is InChI=1S/C22H23NO4/c1-2-16(22(24)25)11-15-7-8-17-13-18(27-21(17)12-15)14-23-9-10-26-20-6-4-3-5-19(20)23/h3-8,12-13,16H,2,9-11,14H2,1H3,(H,24,25). The van der Waals surface area contributed by atoms with Crippen LogP contribution in [0, 0.1) is 5.92 Å². The van der Waals surface area contributed by atoms with Crippen LogP contribution in [-0.4, -0.2) is 24.2 Å². The summed E-state index contributed by atoms with van der Waals surface area (Å²) in [6, 6.07) is 16.1. The molecule has 1 aliphatic rings. The molecule has 0 saturated carbocycles. The lowest BCUT2D eigenvalue weighted by Crippen LogP contribution is -2.31. The van der Waals surface area contributed by atoms with Crippen molar-refractivity contribution in [1.29, 1.82) is 0 Å². The average molecular weight is 365 g/mol. The van der Waals surface area contributed by atoms with E-state index in [2.05, 4.69) is 17.0 Å². The van der Waals surface area contributed by atoms with E-state index >= 15 is 0 Å². The summed E-state index contributed by atoms with van der Waals surface area (Å²) in [5, 5.41) is 10.3. The Labute approximate surface area is 158 Å². The zero-order valence-corrected chi connectivity index (χ0v) is 15.4. The van der Waals surface area contributed by atoms with Gasteiger partial charge in [-0.05, 0) is 42.7 Å². The van der Waals surface area contributed by atoms with Gasteiger partial charge in [-0.25, -0.2) is 0 Å². The van der Waals surface area contributed by atoms with Crippen molar-refractivity contribution in [2.24, 2.45) is 5.92 Å². The predicted octanol–water partition coefficient (Wildman–Crippen LogP) is 4.49. The summed E-state index contributed by atoms with van der Waals surface area (Å²) < 4.78 is 11.8. The van der Waals surface area contributed by atoms with Crippen molar-refractivity contribution in [3.63, 3.8) is 0 Å². The zero-order chi connectivity index (χ0) is 18.8. The highest BCUT2D eigenvalue weighted by Crippen LogP contribution is 2.33. The number of para-hydroxylation sites is 2. The van der Waals surface area contributed by atoms with Gasteiger partial charge in [0.1, 0.15) is 23.7 Å². The van der Waals surface area contributed by atoms with E-state index in [0.717, 1.165) is 40.3 Å². The maximum Gasteiger partial charge on any atom is 0.306 e. The molecule has 0 amide bonds. The molecule has 2 aromatic carbocycles.